The fourth-order valence-electron chi connectivity index (χ4n) is 3.37. The van der Waals surface area contributed by atoms with Crippen molar-refractivity contribution in [3.63, 3.8) is 0 Å². The zero-order valence-corrected chi connectivity index (χ0v) is 16.5. The van der Waals surface area contributed by atoms with Crippen LogP contribution in [0, 0.1) is 5.92 Å². The number of hydrogen-bond acceptors (Lipinski definition) is 4. The van der Waals surface area contributed by atoms with Crippen LogP contribution >= 0.6 is 11.8 Å². The van der Waals surface area contributed by atoms with Crippen LogP contribution in [0.2, 0.25) is 0 Å². The molecule has 2 heterocycles. The Kier molecular flexibility index (Phi) is 6.72. The number of carbonyl (C=O) groups excluding carboxylic acids is 1. The first-order chi connectivity index (χ1) is 12.6. The number of aromatic nitrogens is 3. The molecule has 0 saturated heterocycles. The van der Waals surface area contributed by atoms with Gasteiger partial charge in [-0.1, -0.05) is 62.4 Å². The highest BCUT2D eigenvalue weighted by Gasteiger charge is 2.19. The highest BCUT2D eigenvalue weighted by Crippen LogP contribution is 2.24. The van der Waals surface area contributed by atoms with Gasteiger partial charge in [-0.15, -0.1) is 10.2 Å². The van der Waals surface area contributed by atoms with Crippen molar-refractivity contribution >= 4 is 17.7 Å². The monoisotopic (exact) mass is 372 g/mol. The van der Waals surface area contributed by atoms with Crippen LogP contribution in [-0.4, -0.2) is 26.4 Å². The van der Waals surface area contributed by atoms with E-state index in [1.807, 2.05) is 18.2 Å². The van der Waals surface area contributed by atoms with E-state index in [2.05, 4.69) is 46.1 Å². The smallest absolute Gasteiger partial charge is 0.230 e. The number of thioether (sulfide) groups is 1. The first-order valence-electron chi connectivity index (χ1n) is 9.52. The molecule has 0 spiro atoms. The number of rotatable bonds is 7. The summed E-state index contributed by atoms with van der Waals surface area (Å²) in [6.45, 7) is 5.33. The number of hydrogen-bond donors (Lipinski definition) is 1. The number of fused-ring (bicyclic) bond motifs is 1. The topological polar surface area (TPSA) is 59.8 Å². The second-order valence-electron chi connectivity index (χ2n) is 7.31. The normalized spacial score (nSPS) is 15.3. The van der Waals surface area contributed by atoms with Gasteiger partial charge in [0.2, 0.25) is 5.91 Å². The fourth-order valence-corrected chi connectivity index (χ4v) is 4.16. The standard InChI is InChI=1S/C20H28N4OS/c1-15(2)13-17(16-9-5-3-6-10-16)21-19(25)14-26-20-23-22-18-11-7-4-8-12-24(18)20/h3,5-6,9-10,15,17H,4,7-8,11-14H2,1-2H3,(H,21,25)/t17-/m1/s1. The maximum absolute atomic E-state index is 12.6. The molecular weight excluding hydrogens is 344 g/mol. The number of aryl methyl sites for hydroxylation is 1. The maximum Gasteiger partial charge on any atom is 0.230 e. The molecule has 5 nitrogen and oxygen atoms in total. The Morgan fingerprint density at radius 2 is 2.00 bits per heavy atom. The quantitative estimate of drug-likeness (QED) is 0.746. The minimum Gasteiger partial charge on any atom is -0.349 e. The fraction of sp³-hybridized carbons (Fsp3) is 0.550. The van der Waals surface area contributed by atoms with E-state index in [4.69, 9.17) is 0 Å². The second kappa shape index (κ2) is 9.21. The average Bonchev–Trinajstić information content (AvgIpc) is 2.86. The van der Waals surface area contributed by atoms with Crippen LogP contribution in [0.1, 0.15) is 57.0 Å². The van der Waals surface area contributed by atoms with Gasteiger partial charge in [-0.3, -0.25) is 4.79 Å². The summed E-state index contributed by atoms with van der Waals surface area (Å²) in [7, 11) is 0. The maximum atomic E-state index is 12.6. The van der Waals surface area contributed by atoms with Crippen LogP contribution in [0.3, 0.4) is 0 Å². The molecule has 2 aromatic rings. The van der Waals surface area contributed by atoms with E-state index in [9.17, 15) is 4.79 Å². The van der Waals surface area contributed by atoms with Crippen LogP contribution < -0.4 is 5.32 Å². The molecule has 0 unspecified atom stereocenters. The molecule has 1 aromatic heterocycles. The molecule has 1 amide bonds. The predicted molar refractivity (Wildman–Crippen MR) is 105 cm³/mol. The van der Waals surface area contributed by atoms with Crippen LogP contribution in [0.25, 0.3) is 0 Å². The lowest BCUT2D eigenvalue weighted by atomic mass is 9.97. The van der Waals surface area contributed by atoms with E-state index in [0.717, 1.165) is 42.4 Å². The minimum atomic E-state index is 0.0514. The molecule has 1 N–H and O–H groups in total. The van der Waals surface area contributed by atoms with Crippen molar-refractivity contribution in [2.75, 3.05) is 5.75 Å². The Morgan fingerprint density at radius 3 is 2.77 bits per heavy atom. The highest BCUT2D eigenvalue weighted by molar-refractivity contribution is 7.99. The Labute approximate surface area is 160 Å². The third-order valence-electron chi connectivity index (χ3n) is 4.65. The predicted octanol–water partition coefficient (Wildman–Crippen LogP) is 4.00. The van der Waals surface area contributed by atoms with Gasteiger partial charge >= 0.3 is 0 Å². The molecule has 0 fully saturated rings. The molecule has 3 rings (SSSR count). The summed E-state index contributed by atoms with van der Waals surface area (Å²) in [4.78, 5) is 12.6. The zero-order valence-electron chi connectivity index (χ0n) is 15.6. The Morgan fingerprint density at radius 1 is 1.19 bits per heavy atom. The third kappa shape index (κ3) is 5.10. The van der Waals surface area contributed by atoms with E-state index in [-0.39, 0.29) is 11.9 Å². The van der Waals surface area contributed by atoms with Gasteiger partial charge < -0.3 is 9.88 Å². The molecule has 0 bridgehead atoms. The number of carbonyl (C=O) groups is 1. The summed E-state index contributed by atoms with van der Waals surface area (Å²) in [5.41, 5.74) is 1.16. The van der Waals surface area contributed by atoms with Crippen molar-refractivity contribution < 1.29 is 4.79 Å². The third-order valence-corrected chi connectivity index (χ3v) is 5.62. The molecule has 1 aliphatic heterocycles. The average molecular weight is 373 g/mol. The molecule has 1 atom stereocenters. The molecule has 0 aliphatic carbocycles. The van der Waals surface area contributed by atoms with Crippen molar-refractivity contribution in [1.29, 1.82) is 0 Å². The summed E-state index contributed by atoms with van der Waals surface area (Å²) in [5.74, 6) is 2.00. The van der Waals surface area contributed by atoms with Gasteiger partial charge in [0.15, 0.2) is 5.16 Å². The van der Waals surface area contributed by atoms with E-state index in [0.29, 0.717) is 11.7 Å². The lowest BCUT2D eigenvalue weighted by Gasteiger charge is -2.21. The van der Waals surface area contributed by atoms with Crippen molar-refractivity contribution in [2.45, 2.75) is 63.7 Å². The second-order valence-corrected chi connectivity index (χ2v) is 8.25. The highest BCUT2D eigenvalue weighted by atomic mass is 32.2. The van der Waals surface area contributed by atoms with Gasteiger partial charge in [0.05, 0.1) is 11.8 Å². The first-order valence-corrected chi connectivity index (χ1v) is 10.5. The van der Waals surface area contributed by atoms with Gasteiger partial charge in [0.25, 0.3) is 0 Å². The van der Waals surface area contributed by atoms with Crippen LogP contribution in [-0.2, 0) is 17.8 Å². The summed E-state index contributed by atoms with van der Waals surface area (Å²) in [6.07, 6.45) is 5.50. The number of benzene rings is 1. The summed E-state index contributed by atoms with van der Waals surface area (Å²) in [6, 6.07) is 10.3. The van der Waals surface area contributed by atoms with Crippen molar-refractivity contribution in [1.82, 2.24) is 20.1 Å². The molecular formula is C20H28N4OS. The van der Waals surface area contributed by atoms with Gasteiger partial charge in [0.1, 0.15) is 5.82 Å². The van der Waals surface area contributed by atoms with Gasteiger partial charge in [-0.25, -0.2) is 0 Å². The zero-order chi connectivity index (χ0) is 18.4. The van der Waals surface area contributed by atoms with Gasteiger partial charge in [0, 0.05) is 13.0 Å². The molecule has 1 aromatic carbocycles. The van der Waals surface area contributed by atoms with Crippen molar-refractivity contribution in [2.24, 2.45) is 5.92 Å². The van der Waals surface area contributed by atoms with Crippen LogP contribution in [0.15, 0.2) is 35.5 Å². The Hall–Kier alpha value is -1.82. The SMILES string of the molecule is CC(C)C[C@@H](NC(=O)CSc1nnc2n1CCCCC2)c1ccccc1. The molecule has 1 aliphatic rings. The van der Waals surface area contributed by atoms with Crippen molar-refractivity contribution in [3.8, 4) is 0 Å². The minimum absolute atomic E-state index is 0.0514. The number of nitrogens with zero attached hydrogens (tertiary/aromatic N) is 3. The number of amides is 1. The molecule has 0 saturated carbocycles. The molecule has 6 heteroatoms. The molecule has 26 heavy (non-hydrogen) atoms. The Bertz CT molecular complexity index is 714. The number of nitrogens with one attached hydrogen (secondary N) is 1. The lowest BCUT2D eigenvalue weighted by molar-refractivity contribution is -0.119. The van der Waals surface area contributed by atoms with Crippen LogP contribution in [0.5, 0.6) is 0 Å². The first kappa shape index (κ1) is 19.0. The van der Waals surface area contributed by atoms with E-state index in [1.54, 1.807) is 0 Å². The summed E-state index contributed by atoms with van der Waals surface area (Å²) < 4.78 is 2.19. The summed E-state index contributed by atoms with van der Waals surface area (Å²) in [5, 5.41) is 12.7. The largest absolute Gasteiger partial charge is 0.349 e. The van der Waals surface area contributed by atoms with Crippen LogP contribution in [0.4, 0.5) is 0 Å². The van der Waals surface area contributed by atoms with Gasteiger partial charge in [-0.05, 0) is 30.7 Å². The van der Waals surface area contributed by atoms with Gasteiger partial charge in [-0.2, -0.15) is 0 Å². The van der Waals surface area contributed by atoms with E-state index < -0.39 is 0 Å². The Balaban J connectivity index is 1.60. The molecule has 0 radical (unpaired) electrons. The van der Waals surface area contributed by atoms with E-state index in [1.165, 1.54) is 24.6 Å². The van der Waals surface area contributed by atoms with Crippen molar-refractivity contribution in [3.05, 3.63) is 41.7 Å². The molecule has 140 valence electrons. The van der Waals surface area contributed by atoms with E-state index >= 15 is 0 Å². The lowest BCUT2D eigenvalue weighted by Crippen LogP contribution is -2.31. The summed E-state index contributed by atoms with van der Waals surface area (Å²) >= 11 is 1.49.